The molecule has 0 radical (unpaired) electrons. The van der Waals surface area contributed by atoms with E-state index < -0.39 is 17.7 Å². The molecule has 0 N–H and O–H groups in total. The van der Waals surface area contributed by atoms with Crippen molar-refractivity contribution in [1.29, 1.82) is 0 Å². The van der Waals surface area contributed by atoms with Gasteiger partial charge in [-0.25, -0.2) is 0 Å². The number of thiocarbonyl (C=S) groups is 2. The average molecular weight is 565 g/mol. The van der Waals surface area contributed by atoms with Gasteiger partial charge < -0.3 is 0 Å². The first kappa shape index (κ1) is 18.5. The van der Waals surface area contributed by atoms with E-state index in [0.29, 0.717) is 0 Å². The Labute approximate surface area is 177 Å². The van der Waals surface area contributed by atoms with E-state index in [2.05, 4.69) is 58.6 Å². The van der Waals surface area contributed by atoms with E-state index in [1.54, 1.807) is 0 Å². The van der Waals surface area contributed by atoms with Gasteiger partial charge in [0.1, 0.15) is 0 Å². The summed E-state index contributed by atoms with van der Waals surface area (Å²) in [4.78, 5) is 11.3. The second kappa shape index (κ2) is 8.40. The summed E-state index contributed by atoms with van der Waals surface area (Å²) < 4.78 is 2.54. The summed E-state index contributed by atoms with van der Waals surface area (Å²) in [7, 11) is 0. The molecule has 2 nitrogen and oxygen atoms in total. The monoisotopic (exact) mass is 565 g/mol. The number of aromatic nitrogens is 2. The Bertz CT molecular complexity index is 964. The van der Waals surface area contributed by atoms with E-state index in [4.69, 9.17) is 24.4 Å². The minimum absolute atomic E-state index is 0.648. The van der Waals surface area contributed by atoms with Crippen LogP contribution in [0.1, 0.15) is 24.2 Å². The molecule has 4 rings (SSSR count). The maximum absolute atomic E-state index is 5.59. The van der Waals surface area contributed by atoms with Crippen molar-refractivity contribution >= 4 is 53.5 Å². The molecule has 2 aromatic rings. The third-order valence-corrected chi connectivity index (χ3v) is 8.17. The Hall–Kier alpha value is -1.91. The molecular weight excluding hydrogens is 549 g/mol. The predicted molar refractivity (Wildman–Crippen MR) is 116 cm³/mol. The fraction of sp³-hybridized carbons (Fsp3) is 0.0909. The molecule has 2 aromatic heterocycles. The maximum atomic E-state index is 5.59. The number of pyridine rings is 2. The van der Waals surface area contributed by atoms with Crippen LogP contribution in [-0.2, 0) is 17.7 Å². The van der Waals surface area contributed by atoms with Crippen LogP contribution in [-0.4, -0.2) is 19.7 Å². The third kappa shape index (κ3) is 4.02. The van der Waals surface area contributed by atoms with Crippen molar-refractivity contribution in [2.24, 2.45) is 0 Å². The van der Waals surface area contributed by atoms with Gasteiger partial charge in [-0.3, -0.25) is 0 Å². The number of nitrogens with zero attached hydrogens (tertiary/aromatic N) is 2. The normalized spacial score (nSPS) is 16.4. The molecule has 5 heteroatoms. The topological polar surface area (TPSA) is 25.8 Å². The van der Waals surface area contributed by atoms with E-state index in [1.165, 1.54) is 8.15 Å². The summed E-state index contributed by atoms with van der Waals surface area (Å²) in [5, 5.41) is 0. The Morgan fingerprint density at radius 3 is 1.67 bits per heavy atom. The van der Waals surface area contributed by atoms with Crippen LogP contribution in [0.15, 0.2) is 73.1 Å². The first-order valence-corrected chi connectivity index (χ1v) is 11.8. The van der Waals surface area contributed by atoms with Crippen molar-refractivity contribution in [3.8, 4) is 0 Å². The van der Waals surface area contributed by atoms with E-state index in [9.17, 15) is 0 Å². The average Bonchev–Trinajstić information content (AvgIpc) is 2.70. The first-order chi connectivity index (χ1) is 13.2. The SMILES string of the molecule is S=C1CC=CC=C1c1nccc[c]1[Ir][c]1cccnc1C1=CC=CCC1=S. The zero-order chi connectivity index (χ0) is 18.6. The number of allylic oxidation sites excluding steroid dienone is 8. The standard InChI is InChI=1S/2C11H8NS.Ir/c2*13-11-7-2-1-5-9(11)10-6-3-4-8-12-10;/h2*1-5,8H,7H2;. The summed E-state index contributed by atoms with van der Waals surface area (Å²) in [5.74, 6) is 0. The molecule has 135 valence electrons. The van der Waals surface area contributed by atoms with Gasteiger partial charge in [-0.05, 0) is 0 Å². The Morgan fingerprint density at radius 1 is 0.741 bits per heavy atom. The molecule has 0 unspecified atom stereocenters. The molecule has 0 saturated carbocycles. The third-order valence-electron chi connectivity index (χ3n) is 4.18. The van der Waals surface area contributed by atoms with Crippen LogP contribution in [0.4, 0.5) is 0 Å². The Morgan fingerprint density at radius 2 is 1.22 bits per heavy atom. The molecule has 0 aliphatic heterocycles. The molecule has 2 heterocycles. The van der Waals surface area contributed by atoms with Crippen molar-refractivity contribution < 1.29 is 17.7 Å². The Balaban J connectivity index is 1.75. The van der Waals surface area contributed by atoms with Gasteiger partial charge in [-0.2, -0.15) is 0 Å². The summed E-state index contributed by atoms with van der Waals surface area (Å²) in [6.07, 6.45) is 17.8. The van der Waals surface area contributed by atoms with Gasteiger partial charge in [0, 0.05) is 0 Å². The second-order valence-corrected chi connectivity index (χ2v) is 10.1. The van der Waals surface area contributed by atoms with Crippen LogP contribution in [0.3, 0.4) is 0 Å². The van der Waals surface area contributed by atoms with Crippen LogP contribution in [0.5, 0.6) is 0 Å². The molecule has 2 aliphatic carbocycles. The molecule has 0 spiro atoms. The molecule has 27 heavy (non-hydrogen) atoms. The van der Waals surface area contributed by atoms with Gasteiger partial charge in [0.15, 0.2) is 0 Å². The molecule has 0 atom stereocenters. The van der Waals surface area contributed by atoms with Crippen molar-refractivity contribution in [3.63, 3.8) is 0 Å². The fourth-order valence-corrected chi connectivity index (χ4v) is 6.48. The van der Waals surface area contributed by atoms with Crippen molar-refractivity contribution in [2.75, 3.05) is 0 Å². The van der Waals surface area contributed by atoms with Gasteiger partial charge in [-0.15, -0.1) is 0 Å². The first-order valence-electron chi connectivity index (χ1n) is 8.55. The molecule has 0 aromatic carbocycles. The molecule has 0 bridgehead atoms. The van der Waals surface area contributed by atoms with E-state index in [1.807, 2.05) is 24.5 Å². The number of hydrogen-bond donors (Lipinski definition) is 0. The van der Waals surface area contributed by atoms with Crippen LogP contribution in [0.2, 0.25) is 0 Å². The summed E-state index contributed by atoms with van der Waals surface area (Å²) >= 11 is 10.5. The van der Waals surface area contributed by atoms with Crippen molar-refractivity contribution in [2.45, 2.75) is 12.8 Å². The van der Waals surface area contributed by atoms with Gasteiger partial charge in [0.05, 0.1) is 0 Å². The molecule has 0 fully saturated rings. The molecule has 2 aliphatic rings. The van der Waals surface area contributed by atoms with Gasteiger partial charge in [0.2, 0.25) is 0 Å². The molecular formula is C22H16IrN2S2. The number of hydrogen-bond acceptors (Lipinski definition) is 4. The van der Waals surface area contributed by atoms with Gasteiger partial charge >= 0.3 is 178 Å². The van der Waals surface area contributed by atoms with E-state index in [-0.39, 0.29) is 0 Å². The zero-order valence-electron chi connectivity index (χ0n) is 14.4. The zero-order valence-corrected chi connectivity index (χ0v) is 18.4. The van der Waals surface area contributed by atoms with E-state index >= 15 is 0 Å². The van der Waals surface area contributed by atoms with Gasteiger partial charge in [0.25, 0.3) is 0 Å². The van der Waals surface area contributed by atoms with Crippen molar-refractivity contribution in [3.05, 3.63) is 84.5 Å². The second-order valence-electron chi connectivity index (χ2n) is 5.97. The fourth-order valence-electron chi connectivity index (χ4n) is 2.88. The predicted octanol–water partition coefficient (Wildman–Crippen LogP) is 3.94. The van der Waals surface area contributed by atoms with Crippen LogP contribution in [0, 0.1) is 0 Å². The van der Waals surface area contributed by atoms with Crippen molar-refractivity contribution in [1.82, 2.24) is 9.97 Å². The Kier molecular flexibility index (Phi) is 5.74. The molecule has 0 amide bonds. The minimum atomic E-state index is -0.648. The number of rotatable bonds is 4. The van der Waals surface area contributed by atoms with E-state index in [0.717, 1.165) is 45.1 Å². The summed E-state index contributed by atoms with van der Waals surface area (Å²) in [6.45, 7) is 0. The summed E-state index contributed by atoms with van der Waals surface area (Å²) in [5.41, 5.74) is 4.18. The quantitative estimate of drug-likeness (QED) is 0.526. The van der Waals surface area contributed by atoms with Crippen LogP contribution >= 0.6 is 24.4 Å². The van der Waals surface area contributed by atoms with Gasteiger partial charge in [-0.1, -0.05) is 0 Å². The molecule has 0 saturated heterocycles. The van der Waals surface area contributed by atoms with Crippen LogP contribution in [0.25, 0.3) is 11.1 Å². The van der Waals surface area contributed by atoms with Crippen LogP contribution < -0.4 is 8.15 Å². The summed E-state index contributed by atoms with van der Waals surface area (Å²) in [6, 6.07) is 8.37.